The molecular formula is C8H17NO. The van der Waals surface area contributed by atoms with Crippen molar-refractivity contribution in [1.82, 2.24) is 5.32 Å². The van der Waals surface area contributed by atoms with Gasteiger partial charge in [-0.3, -0.25) is 0 Å². The van der Waals surface area contributed by atoms with E-state index in [-0.39, 0.29) is 0 Å². The van der Waals surface area contributed by atoms with Crippen molar-refractivity contribution < 1.29 is 4.74 Å². The van der Waals surface area contributed by atoms with Gasteiger partial charge in [-0.2, -0.15) is 0 Å². The van der Waals surface area contributed by atoms with Crippen LogP contribution in [-0.4, -0.2) is 25.8 Å². The molecule has 0 spiro atoms. The Kier molecular flexibility index (Phi) is 3.76. The van der Waals surface area contributed by atoms with Crippen LogP contribution in [0.2, 0.25) is 0 Å². The normalized spacial score (nSPS) is 25.5. The largest absolute Gasteiger partial charge is 0.377 e. The predicted molar refractivity (Wildman–Crippen MR) is 42.1 cm³/mol. The van der Waals surface area contributed by atoms with E-state index in [4.69, 9.17) is 4.74 Å². The van der Waals surface area contributed by atoms with Crippen molar-refractivity contribution >= 4 is 0 Å². The fourth-order valence-corrected chi connectivity index (χ4v) is 1.25. The minimum Gasteiger partial charge on any atom is -0.377 e. The van der Waals surface area contributed by atoms with Crippen LogP contribution in [0.25, 0.3) is 0 Å². The first-order valence-electron chi connectivity index (χ1n) is 4.26. The second-order valence-electron chi connectivity index (χ2n) is 2.84. The Balaban J connectivity index is 1.91. The van der Waals surface area contributed by atoms with E-state index in [9.17, 15) is 0 Å². The summed E-state index contributed by atoms with van der Waals surface area (Å²) in [5.74, 6) is 0. The van der Waals surface area contributed by atoms with E-state index in [2.05, 4.69) is 12.2 Å². The van der Waals surface area contributed by atoms with Crippen LogP contribution in [0.5, 0.6) is 0 Å². The molecule has 1 rings (SSSR count). The molecule has 60 valence electrons. The summed E-state index contributed by atoms with van der Waals surface area (Å²) in [6.07, 6.45) is 4.22. The number of nitrogens with one attached hydrogen (secondary N) is 1. The van der Waals surface area contributed by atoms with Crippen molar-refractivity contribution in [1.29, 1.82) is 0 Å². The molecule has 0 radical (unpaired) electrons. The van der Waals surface area contributed by atoms with Gasteiger partial charge >= 0.3 is 0 Å². The van der Waals surface area contributed by atoms with E-state index in [0.29, 0.717) is 6.10 Å². The van der Waals surface area contributed by atoms with Crippen molar-refractivity contribution in [2.24, 2.45) is 0 Å². The van der Waals surface area contributed by atoms with Crippen LogP contribution >= 0.6 is 0 Å². The molecule has 2 heteroatoms. The number of rotatable bonds is 4. The van der Waals surface area contributed by atoms with Crippen molar-refractivity contribution in [2.75, 3.05) is 19.7 Å². The molecule has 0 aliphatic carbocycles. The molecular weight excluding hydrogens is 126 g/mol. The molecule has 10 heavy (non-hydrogen) atoms. The topological polar surface area (TPSA) is 21.3 Å². The molecule has 0 aromatic rings. The standard InChI is InChI=1S/C8H17NO/c1-2-5-9-7-8-4-3-6-10-8/h8-9H,2-7H2,1H3/t8-/m0/s1. The Hall–Kier alpha value is -0.0800. The second kappa shape index (κ2) is 4.69. The van der Waals surface area contributed by atoms with Crippen molar-refractivity contribution in [3.05, 3.63) is 0 Å². The highest BCUT2D eigenvalue weighted by Crippen LogP contribution is 2.10. The summed E-state index contributed by atoms with van der Waals surface area (Å²) in [4.78, 5) is 0. The molecule has 1 saturated heterocycles. The summed E-state index contributed by atoms with van der Waals surface area (Å²) in [6, 6.07) is 0. The Bertz CT molecular complexity index is 79.3. The average molecular weight is 143 g/mol. The highest BCUT2D eigenvalue weighted by atomic mass is 16.5. The fourth-order valence-electron chi connectivity index (χ4n) is 1.25. The van der Waals surface area contributed by atoms with Gasteiger partial charge in [0.1, 0.15) is 0 Å². The molecule has 0 amide bonds. The summed E-state index contributed by atoms with van der Waals surface area (Å²) in [7, 11) is 0. The van der Waals surface area contributed by atoms with E-state index < -0.39 is 0 Å². The molecule has 0 bridgehead atoms. The van der Waals surface area contributed by atoms with Crippen LogP contribution in [0, 0.1) is 0 Å². The first-order valence-corrected chi connectivity index (χ1v) is 4.26. The maximum Gasteiger partial charge on any atom is 0.0700 e. The molecule has 1 aliphatic rings. The Morgan fingerprint density at radius 1 is 1.60 bits per heavy atom. The van der Waals surface area contributed by atoms with E-state index in [0.717, 1.165) is 19.7 Å². The summed E-state index contributed by atoms with van der Waals surface area (Å²) >= 11 is 0. The zero-order chi connectivity index (χ0) is 7.23. The molecule has 1 fully saturated rings. The minimum atomic E-state index is 0.506. The lowest BCUT2D eigenvalue weighted by atomic mass is 10.2. The van der Waals surface area contributed by atoms with Gasteiger partial charge in [-0.25, -0.2) is 0 Å². The van der Waals surface area contributed by atoms with Gasteiger partial charge in [-0.1, -0.05) is 6.92 Å². The van der Waals surface area contributed by atoms with Crippen LogP contribution in [0.15, 0.2) is 0 Å². The van der Waals surface area contributed by atoms with Crippen LogP contribution in [-0.2, 0) is 4.74 Å². The zero-order valence-electron chi connectivity index (χ0n) is 6.73. The molecule has 0 aromatic heterocycles. The van der Waals surface area contributed by atoms with Crippen LogP contribution < -0.4 is 5.32 Å². The van der Waals surface area contributed by atoms with Gasteiger partial charge in [0.25, 0.3) is 0 Å². The van der Waals surface area contributed by atoms with Crippen molar-refractivity contribution in [3.63, 3.8) is 0 Å². The molecule has 0 aromatic carbocycles. The van der Waals surface area contributed by atoms with Gasteiger partial charge in [0.05, 0.1) is 6.10 Å². The summed E-state index contributed by atoms with van der Waals surface area (Å²) in [6.45, 7) is 5.33. The van der Waals surface area contributed by atoms with Gasteiger partial charge in [-0.15, -0.1) is 0 Å². The van der Waals surface area contributed by atoms with Gasteiger partial charge in [-0.05, 0) is 25.8 Å². The molecule has 0 saturated carbocycles. The summed E-state index contributed by atoms with van der Waals surface area (Å²) < 4.78 is 5.44. The highest BCUT2D eigenvalue weighted by molar-refractivity contribution is 4.66. The van der Waals surface area contributed by atoms with E-state index in [1.54, 1.807) is 0 Å². The molecule has 1 aliphatic heterocycles. The zero-order valence-corrected chi connectivity index (χ0v) is 6.73. The molecule has 0 unspecified atom stereocenters. The van der Waals surface area contributed by atoms with E-state index in [1.807, 2.05) is 0 Å². The van der Waals surface area contributed by atoms with Crippen LogP contribution in [0.4, 0.5) is 0 Å². The van der Waals surface area contributed by atoms with Crippen LogP contribution in [0.1, 0.15) is 26.2 Å². The highest BCUT2D eigenvalue weighted by Gasteiger charge is 2.13. The average Bonchev–Trinajstić information content (AvgIpc) is 2.41. The lowest BCUT2D eigenvalue weighted by Gasteiger charge is -2.08. The Labute approximate surface area is 63.0 Å². The van der Waals surface area contributed by atoms with Gasteiger partial charge in [0, 0.05) is 13.2 Å². The second-order valence-corrected chi connectivity index (χ2v) is 2.84. The third kappa shape index (κ3) is 2.67. The lowest BCUT2D eigenvalue weighted by Crippen LogP contribution is -2.26. The van der Waals surface area contributed by atoms with Crippen LogP contribution in [0.3, 0.4) is 0 Å². The third-order valence-corrected chi connectivity index (χ3v) is 1.82. The maximum atomic E-state index is 5.44. The van der Waals surface area contributed by atoms with Gasteiger partial charge in [0.2, 0.25) is 0 Å². The molecule has 1 N–H and O–H groups in total. The van der Waals surface area contributed by atoms with Gasteiger partial charge in [0.15, 0.2) is 0 Å². The summed E-state index contributed by atoms with van der Waals surface area (Å²) in [5.41, 5.74) is 0. The maximum absolute atomic E-state index is 5.44. The lowest BCUT2D eigenvalue weighted by molar-refractivity contribution is 0.110. The molecule has 1 heterocycles. The van der Waals surface area contributed by atoms with Gasteiger partial charge < -0.3 is 10.1 Å². The number of hydrogen-bond donors (Lipinski definition) is 1. The number of ether oxygens (including phenoxy) is 1. The van der Waals surface area contributed by atoms with Crippen molar-refractivity contribution in [2.45, 2.75) is 32.3 Å². The SMILES string of the molecule is CCCNC[C@@H]1CCCO1. The Morgan fingerprint density at radius 3 is 3.10 bits per heavy atom. The van der Waals surface area contributed by atoms with Crippen molar-refractivity contribution in [3.8, 4) is 0 Å². The quantitative estimate of drug-likeness (QED) is 0.596. The van der Waals surface area contributed by atoms with E-state index in [1.165, 1.54) is 19.3 Å². The smallest absolute Gasteiger partial charge is 0.0700 e. The summed E-state index contributed by atoms with van der Waals surface area (Å²) in [5, 5.41) is 3.35. The van der Waals surface area contributed by atoms with E-state index >= 15 is 0 Å². The molecule has 1 atom stereocenters. The monoisotopic (exact) mass is 143 g/mol. The first-order chi connectivity index (χ1) is 4.93. The number of hydrogen-bond acceptors (Lipinski definition) is 2. The molecule has 2 nitrogen and oxygen atoms in total. The first kappa shape index (κ1) is 8.02. The predicted octanol–water partition coefficient (Wildman–Crippen LogP) is 1.16. The minimum absolute atomic E-state index is 0.506. The fraction of sp³-hybridized carbons (Fsp3) is 1.00. The Morgan fingerprint density at radius 2 is 2.50 bits per heavy atom. The third-order valence-electron chi connectivity index (χ3n) is 1.82.